The minimum atomic E-state index is -0.944. The van der Waals surface area contributed by atoms with Gasteiger partial charge in [-0.25, -0.2) is 4.79 Å². The van der Waals surface area contributed by atoms with Crippen LogP contribution in [0.1, 0.15) is 35.2 Å². The van der Waals surface area contributed by atoms with E-state index in [0.29, 0.717) is 52.2 Å². The number of benzene rings is 1. The van der Waals surface area contributed by atoms with Gasteiger partial charge in [-0.15, -0.1) is 0 Å². The molecule has 3 aliphatic rings. The van der Waals surface area contributed by atoms with Gasteiger partial charge >= 0.3 is 5.97 Å². The molecule has 3 heterocycles. The van der Waals surface area contributed by atoms with Gasteiger partial charge in [0, 0.05) is 51.2 Å². The van der Waals surface area contributed by atoms with Crippen molar-refractivity contribution in [3.63, 3.8) is 0 Å². The first-order valence-corrected chi connectivity index (χ1v) is 11.4. The van der Waals surface area contributed by atoms with Crippen molar-refractivity contribution in [2.24, 2.45) is 0 Å². The number of hydrogen-bond donors (Lipinski definition) is 2. The number of amides is 2. The van der Waals surface area contributed by atoms with Crippen LogP contribution in [0.25, 0.3) is 0 Å². The Kier molecular flexibility index (Phi) is 7.07. The number of carboxylic acids is 1. The van der Waals surface area contributed by atoms with Gasteiger partial charge in [-0.2, -0.15) is 0 Å². The second kappa shape index (κ2) is 9.97. The number of nitrogens with zero attached hydrogens (tertiary/aromatic N) is 3. The summed E-state index contributed by atoms with van der Waals surface area (Å²) in [4.78, 5) is 42.9. The largest absolute Gasteiger partial charge is 0.478 e. The number of carboxylic acid groups (broad SMARTS) is 1. The molecule has 0 aromatic heterocycles. The van der Waals surface area contributed by atoms with E-state index in [-0.39, 0.29) is 35.5 Å². The van der Waals surface area contributed by atoms with Gasteiger partial charge in [0.15, 0.2) is 0 Å². The summed E-state index contributed by atoms with van der Waals surface area (Å²) in [5.74, 6) is -0.754. The minimum absolute atomic E-state index is 0.0310. The maximum absolute atomic E-state index is 13.0. The Morgan fingerprint density at radius 3 is 2.56 bits per heavy atom. The Morgan fingerprint density at radius 1 is 1.16 bits per heavy atom. The average molecular weight is 445 g/mol. The molecule has 32 heavy (non-hydrogen) atoms. The second-order valence-electron chi connectivity index (χ2n) is 8.87. The summed E-state index contributed by atoms with van der Waals surface area (Å²) in [5, 5.41) is 12.2. The summed E-state index contributed by atoms with van der Waals surface area (Å²) >= 11 is 0. The van der Waals surface area contributed by atoms with Crippen LogP contribution in [-0.2, 0) is 20.9 Å². The first kappa shape index (κ1) is 22.7. The average Bonchev–Trinajstić information content (AvgIpc) is 3.17. The zero-order valence-corrected chi connectivity index (χ0v) is 18.5. The molecule has 9 nitrogen and oxygen atoms in total. The van der Waals surface area contributed by atoms with E-state index in [2.05, 4.69) is 22.2 Å². The number of fused-ring (bicyclic) bond motifs is 1. The van der Waals surface area contributed by atoms with Crippen LogP contribution in [0, 0.1) is 0 Å². The molecule has 0 saturated carbocycles. The molecule has 3 fully saturated rings. The summed E-state index contributed by atoms with van der Waals surface area (Å²) in [6, 6.07) is 6.80. The van der Waals surface area contributed by atoms with Gasteiger partial charge in [-0.3, -0.25) is 19.4 Å². The van der Waals surface area contributed by atoms with Crippen molar-refractivity contribution in [2.45, 2.75) is 43.9 Å². The molecule has 174 valence electrons. The Morgan fingerprint density at radius 2 is 1.88 bits per heavy atom. The van der Waals surface area contributed by atoms with Crippen LogP contribution >= 0.6 is 0 Å². The highest BCUT2D eigenvalue weighted by atomic mass is 16.5. The number of carbonyl (C=O) groups excluding carboxylic acids is 2. The highest BCUT2D eigenvalue weighted by Gasteiger charge is 2.45. The van der Waals surface area contributed by atoms with E-state index in [1.807, 2.05) is 17.0 Å². The SMILES string of the molecule is CN1[C@@H](CCC(=O)N2CCOCC2)CNC(=O)[C@@H]2[C@@H]1CCN2Cc1ccc(C(=O)O)cc1. The summed E-state index contributed by atoms with van der Waals surface area (Å²) in [6.45, 7) is 4.45. The molecule has 0 aliphatic carbocycles. The van der Waals surface area contributed by atoms with Crippen LogP contribution in [-0.4, -0.2) is 102 Å². The fourth-order valence-corrected chi connectivity index (χ4v) is 5.07. The number of ether oxygens (including phenoxy) is 1. The number of carbonyl (C=O) groups is 3. The van der Waals surface area contributed by atoms with Gasteiger partial charge in [-0.1, -0.05) is 12.1 Å². The molecular formula is C23H32N4O5. The number of rotatable bonds is 6. The van der Waals surface area contributed by atoms with Crippen molar-refractivity contribution in [1.29, 1.82) is 0 Å². The van der Waals surface area contributed by atoms with Gasteiger partial charge in [-0.05, 0) is 37.6 Å². The van der Waals surface area contributed by atoms with Gasteiger partial charge in [0.2, 0.25) is 11.8 Å². The van der Waals surface area contributed by atoms with E-state index in [0.717, 1.165) is 18.5 Å². The Hall–Kier alpha value is -2.49. The molecule has 0 radical (unpaired) electrons. The molecular weight excluding hydrogens is 412 g/mol. The van der Waals surface area contributed by atoms with Crippen LogP contribution in [0.4, 0.5) is 0 Å². The Labute approximate surface area is 188 Å². The number of nitrogens with one attached hydrogen (secondary N) is 1. The standard InChI is InChI=1S/C23H32N4O5/c1-25-18(6-7-20(28)26-10-12-32-13-11-26)14-24-22(29)21-19(25)8-9-27(21)15-16-2-4-17(5-3-16)23(30)31/h2-5,18-19,21H,6-15H2,1H3,(H,24,29)(H,30,31)/t18-,19-,21-/m0/s1. The number of hydrogen-bond acceptors (Lipinski definition) is 6. The van der Waals surface area contributed by atoms with Crippen molar-refractivity contribution in [3.8, 4) is 0 Å². The highest BCUT2D eigenvalue weighted by Crippen LogP contribution is 2.28. The summed E-state index contributed by atoms with van der Waals surface area (Å²) in [7, 11) is 2.06. The minimum Gasteiger partial charge on any atom is -0.478 e. The maximum atomic E-state index is 13.0. The van der Waals surface area contributed by atoms with Crippen LogP contribution in [0.3, 0.4) is 0 Å². The van der Waals surface area contributed by atoms with Gasteiger partial charge in [0.25, 0.3) is 0 Å². The lowest BCUT2D eigenvalue weighted by Crippen LogP contribution is -2.49. The Bertz CT molecular complexity index is 839. The third-order valence-electron chi connectivity index (χ3n) is 6.99. The molecule has 0 bridgehead atoms. The number of likely N-dealkylation sites (N-methyl/N-ethyl adjacent to an activating group) is 1. The molecule has 0 unspecified atom stereocenters. The molecule has 3 atom stereocenters. The van der Waals surface area contributed by atoms with Gasteiger partial charge < -0.3 is 20.1 Å². The molecule has 0 spiro atoms. The van der Waals surface area contributed by atoms with Crippen molar-refractivity contribution in [1.82, 2.24) is 20.0 Å². The summed E-state index contributed by atoms with van der Waals surface area (Å²) in [6.07, 6.45) is 2.07. The highest BCUT2D eigenvalue weighted by molar-refractivity contribution is 5.87. The molecule has 2 amide bonds. The van der Waals surface area contributed by atoms with Crippen molar-refractivity contribution in [2.75, 3.05) is 46.4 Å². The predicted molar refractivity (Wildman–Crippen MR) is 117 cm³/mol. The van der Waals surface area contributed by atoms with Crippen molar-refractivity contribution in [3.05, 3.63) is 35.4 Å². The Balaban J connectivity index is 1.37. The maximum Gasteiger partial charge on any atom is 0.335 e. The zero-order valence-electron chi connectivity index (χ0n) is 18.5. The lowest BCUT2D eigenvalue weighted by molar-refractivity contribution is -0.135. The van der Waals surface area contributed by atoms with Crippen molar-refractivity contribution < 1.29 is 24.2 Å². The van der Waals surface area contributed by atoms with Crippen LogP contribution < -0.4 is 5.32 Å². The second-order valence-corrected chi connectivity index (χ2v) is 8.87. The molecule has 1 aromatic rings. The number of likely N-dealkylation sites (tertiary alicyclic amines) is 1. The van der Waals surface area contributed by atoms with E-state index in [9.17, 15) is 14.4 Å². The first-order chi connectivity index (χ1) is 15.4. The summed E-state index contributed by atoms with van der Waals surface area (Å²) in [5.41, 5.74) is 1.25. The first-order valence-electron chi connectivity index (χ1n) is 11.4. The van der Waals surface area contributed by atoms with Crippen LogP contribution in [0.15, 0.2) is 24.3 Å². The lowest BCUT2D eigenvalue weighted by atomic mass is 10.0. The molecule has 1 aromatic carbocycles. The molecule has 9 heteroatoms. The van der Waals surface area contributed by atoms with Gasteiger partial charge in [0.1, 0.15) is 6.04 Å². The number of morpholine rings is 1. The zero-order chi connectivity index (χ0) is 22.7. The van der Waals surface area contributed by atoms with E-state index in [4.69, 9.17) is 9.84 Å². The van der Waals surface area contributed by atoms with E-state index >= 15 is 0 Å². The third-order valence-corrected chi connectivity index (χ3v) is 6.99. The normalized spacial score (nSPS) is 27.0. The van der Waals surface area contributed by atoms with Crippen molar-refractivity contribution >= 4 is 17.8 Å². The fraction of sp³-hybridized carbons (Fsp3) is 0.609. The van der Waals surface area contributed by atoms with Crippen LogP contribution in [0.2, 0.25) is 0 Å². The molecule has 3 saturated heterocycles. The lowest BCUT2D eigenvalue weighted by Gasteiger charge is -2.33. The van der Waals surface area contributed by atoms with E-state index < -0.39 is 5.97 Å². The van der Waals surface area contributed by atoms with Gasteiger partial charge in [0.05, 0.1) is 18.8 Å². The molecule has 3 aliphatic heterocycles. The van der Waals surface area contributed by atoms with E-state index in [1.54, 1.807) is 12.1 Å². The third kappa shape index (κ3) is 4.95. The van der Waals surface area contributed by atoms with Crippen LogP contribution in [0.5, 0.6) is 0 Å². The fourth-order valence-electron chi connectivity index (χ4n) is 5.07. The molecule has 4 rings (SSSR count). The monoisotopic (exact) mass is 444 g/mol. The quantitative estimate of drug-likeness (QED) is 0.655. The smallest absolute Gasteiger partial charge is 0.335 e. The topological polar surface area (TPSA) is 102 Å². The molecule has 2 N–H and O–H groups in total. The predicted octanol–water partition coefficient (Wildman–Crippen LogP) is 0.397. The van der Waals surface area contributed by atoms with E-state index in [1.165, 1.54) is 0 Å². The summed E-state index contributed by atoms with van der Waals surface area (Å²) < 4.78 is 5.33. The number of aromatic carboxylic acids is 1.